The van der Waals surface area contributed by atoms with Gasteiger partial charge in [0.1, 0.15) is 23.9 Å². The Bertz CT molecular complexity index is 1000. The molecule has 2 atom stereocenters. The number of nitrogens with two attached hydrogens (primary N) is 1. The Hall–Kier alpha value is -2.88. The van der Waals surface area contributed by atoms with E-state index < -0.39 is 5.41 Å². The van der Waals surface area contributed by atoms with Crippen molar-refractivity contribution in [3.05, 3.63) is 90.0 Å². The van der Waals surface area contributed by atoms with E-state index in [4.69, 9.17) is 5.73 Å². The Kier molecular flexibility index (Phi) is 6.50. The van der Waals surface area contributed by atoms with Crippen LogP contribution in [0.15, 0.2) is 73.1 Å². The van der Waals surface area contributed by atoms with Gasteiger partial charge in [-0.15, -0.1) is 0 Å². The van der Waals surface area contributed by atoms with E-state index in [0.717, 1.165) is 36.9 Å². The van der Waals surface area contributed by atoms with E-state index in [0.29, 0.717) is 12.0 Å². The summed E-state index contributed by atoms with van der Waals surface area (Å²) in [5.74, 6) is 1.88. The molecule has 2 aromatic carbocycles. The predicted octanol–water partition coefficient (Wildman–Crippen LogP) is 4.94. The molecule has 4 heteroatoms. The van der Waals surface area contributed by atoms with E-state index in [1.807, 2.05) is 36.4 Å². The third kappa shape index (κ3) is 3.99. The number of carbonyl (C=O) groups excluding carboxylic acids is 1. The Balaban J connectivity index is 1.69. The van der Waals surface area contributed by atoms with Crippen LogP contribution in [0.3, 0.4) is 0 Å². The molecule has 0 radical (unpaired) electrons. The van der Waals surface area contributed by atoms with Gasteiger partial charge >= 0.3 is 0 Å². The van der Waals surface area contributed by atoms with E-state index in [9.17, 15) is 4.79 Å². The first-order chi connectivity index (χ1) is 15.4. The van der Waals surface area contributed by atoms with E-state index >= 15 is 0 Å². The summed E-state index contributed by atoms with van der Waals surface area (Å²) < 4.78 is 4.78. The van der Waals surface area contributed by atoms with Crippen LogP contribution in [0.4, 0.5) is 0 Å². The third-order valence-corrected chi connectivity index (χ3v) is 7.40. The van der Waals surface area contributed by atoms with Gasteiger partial charge in [-0.3, -0.25) is 4.79 Å². The van der Waals surface area contributed by atoms with Gasteiger partial charge in [0.2, 0.25) is 5.91 Å². The highest BCUT2D eigenvalue weighted by molar-refractivity contribution is 5.91. The number of amides is 1. The van der Waals surface area contributed by atoms with Gasteiger partial charge in [-0.05, 0) is 48.6 Å². The number of hydrogen-bond donors (Lipinski definition) is 1. The molecule has 1 heterocycles. The van der Waals surface area contributed by atoms with Crippen molar-refractivity contribution in [2.24, 2.45) is 17.6 Å². The van der Waals surface area contributed by atoms with Crippen molar-refractivity contribution in [3.63, 3.8) is 0 Å². The number of aromatic nitrogens is 2. The zero-order valence-corrected chi connectivity index (χ0v) is 19.6. The Labute approximate surface area is 192 Å². The van der Waals surface area contributed by atoms with Crippen LogP contribution in [0.2, 0.25) is 0 Å². The number of rotatable bonds is 8. The summed E-state index contributed by atoms with van der Waals surface area (Å²) in [6.07, 6.45) is 8.57. The van der Waals surface area contributed by atoms with Gasteiger partial charge in [0.15, 0.2) is 0 Å². The molecule has 1 fully saturated rings. The molecule has 0 aliphatic heterocycles. The fourth-order valence-electron chi connectivity index (χ4n) is 5.67. The Morgan fingerprint density at radius 1 is 1.06 bits per heavy atom. The van der Waals surface area contributed by atoms with Crippen LogP contribution in [-0.4, -0.2) is 10.5 Å². The van der Waals surface area contributed by atoms with E-state index in [2.05, 4.69) is 66.6 Å². The topological polar surface area (TPSA) is 51.9 Å². The van der Waals surface area contributed by atoms with Crippen LogP contribution in [0.5, 0.6) is 0 Å². The maximum Gasteiger partial charge on any atom is 0.253 e. The van der Waals surface area contributed by atoms with E-state index in [1.54, 1.807) is 0 Å². The molecule has 168 valence electrons. The lowest BCUT2D eigenvalue weighted by molar-refractivity contribution is -0.703. The molecular weight excluding hydrogens is 394 g/mol. The van der Waals surface area contributed by atoms with Crippen LogP contribution in [0, 0.1) is 18.8 Å². The molecule has 1 aliphatic carbocycles. The zero-order valence-electron chi connectivity index (χ0n) is 19.6. The van der Waals surface area contributed by atoms with E-state index in [1.165, 1.54) is 12.2 Å². The van der Waals surface area contributed by atoms with Crippen LogP contribution in [-0.2, 0) is 16.8 Å². The van der Waals surface area contributed by atoms with Crippen LogP contribution in [0.1, 0.15) is 62.5 Å². The first-order valence-electron chi connectivity index (χ1n) is 11.9. The summed E-state index contributed by atoms with van der Waals surface area (Å²) in [6, 6.07) is 20.7. The monoisotopic (exact) mass is 430 g/mol. The molecule has 2 unspecified atom stereocenters. The van der Waals surface area contributed by atoms with Crippen molar-refractivity contribution >= 4 is 5.91 Å². The maximum atomic E-state index is 13.3. The minimum absolute atomic E-state index is 0.153. The Morgan fingerprint density at radius 3 is 2.19 bits per heavy atom. The second kappa shape index (κ2) is 9.32. The minimum atomic E-state index is -0.814. The molecule has 4 rings (SSSR count). The molecule has 1 saturated carbocycles. The highest BCUT2D eigenvalue weighted by Crippen LogP contribution is 2.49. The van der Waals surface area contributed by atoms with E-state index in [-0.39, 0.29) is 11.8 Å². The summed E-state index contributed by atoms with van der Waals surface area (Å²) in [4.78, 5) is 13.3. The van der Waals surface area contributed by atoms with Gasteiger partial charge in [0.25, 0.3) is 5.82 Å². The molecule has 0 bridgehead atoms. The van der Waals surface area contributed by atoms with Crippen molar-refractivity contribution < 1.29 is 9.36 Å². The molecule has 0 saturated heterocycles. The highest BCUT2D eigenvalue weighted by Gasteiger charge is 2.51. The molecule has 4 nitrogen and oxygen atoms in total. The largest absolute Gasteiger partial charge is 0.369 e. The van der Waals surface area contributed by atoms with Crippen molar-refractivity contribution in [1.29, 1.82) is 0 Å². The van der Waals surface area contributed by atoms with Gasteiger partial charge in [-0.2, -0.15) is 0 Å². The summed E-state index contributed by atoms with van der Waals surface area (Å²) in [7, 11) is 0. The quantitative estimate of drug-likeness (QED) is 0.506. The number of carbonyl (C=O) groups is 1. The zero-order chi connectivity index (χ0) is 22.7. The van der Waals surface area contributed by atoms with Crippen molar-refractivity contribution in [1.82, 2.24) is 4.57 Å². The molecule has 1 amide bonds. The standard InChI is InChI=1S/C28H35N3O/c1-21(2)16-17-30-18-19-31(22(30)3)26-15-14-25(20-26)28(27(29)32,23-10-6-4-7-11-23)24-12-8-5-9-13-24/h4-13,18-19,21,25-26H,14-17,20H2,1-3H3,(H-,29,32)/p+1. The van der Waals surface area contributed by atoms with Gasteiger partial charge in [-0.1, -0.05) is 74.5 Å². The molecule has 3 aromatic rings. The SMILES string of the molecule is Cc1n(C2CCC(C(C(N)=O)(c3ccccc3)c3ccccc3)C2)cc[n+]1CCC(C)C. The molecule has 0 spiro atoms. The lowest BCUT2D eigenvalue weighted by Gasteiger charge is -2.37. The van der Waals surface area contributed by atoms with Crippen molar-refractivity contribution in [2.75, 3.05) is 0 Å². The van der Waals surface area contributed by atoms with Crippen molar-refractivity contribution in [3.8, 4) is 0 Å². The lowest BCUT2D eigenvalue weighted by Crippen LogP contribution is -2.47. The number of primary amides is 1. The maximum absolute atomic E-state index is 13.3. The number of benzene rings is 2. The first kappa shape index (κ1) is 22.3. The number of imidazole rings is 1. The molecule has 2 N–H and O–H groups in total. The number of aryl methyl sites for hydroxylation is 1. The fraction of sp³-hybridized carbons (Fsp3) is 0.429. The second-order valence-electron chi connectivity index (χ2n) is 9.70. The van der Waals surface area contributed by atoms with Gasteiger partial charge in [-0.25, -0.2) is 9.13 Å². The molecule has 1 aliphatic rings. The number of hydrogen-bond acceptors (Lipinski definition) is 1. The highest BCUT2D eigenvalue weighted by atomic mass is 16.1. The average molecular weight is 431 g/mol. The van der Waals surface area contributed by atoms with Crippen molar-refractivity contribution in [2.45, 2.75) is 64.5 Å². The first-order valence-corrected chi connectivity index (χ1v) is 11.9. The Morgan fingerprint density at radius 2 is 1.66 bits per heavy atom. The summed E-state index contributed by atoms with van der Waals surface area (Å²) in [5.41, 5.74) is 7.44. The van der Waals surface area contributed by atoms with Gasteiger partial charge < -0.3 is 5.73 Å². The summed E-state index contributed by atoms with van der Waals surface area (Å²) >= 11 is 0. The smallest absolute Gasteiger partial charge is 0.253 e. The lowest BCUT2D eigenvalue weighted by atomic mass is 9.64. The summed E-state index contributed by atoms with van der Waals surface area (Å²) in [6.45, 7) is 7.80. The van der Waals surface area contributed by atoms with Crippen LogP contribution >= 0.6 is 0 Å². The average Bonchev–Trinajstić information content (AvgIpc) is 3.41. The molecule has 32 heavy (non-hydrogen) atoms. The van der Waals surface area contributed by atoms with Gasteiger partial charge in [0, 0.05) is 6.92 Å². The second-order valence-corrected chi connectivity index (χ2v) is 9.70. The molecular formula is C28H36N3O+. The molecule has 1 aromatic heterocycles. The predicted molar refractivity (Wildman–Crippen MR) is 128 cm³/mol. The minimum Gasteiger partial charge on any atom is -0.369 e. The summed E-state index contributed by atoms with van der Waals surface area (Å²) in [5, 5.41) is 0. The fourth-order valence-corrected chi connectivity index (χ4v) is 5.67. The van der Waals surface area contributed by atoms with Gasteiger partial charge in [0.05, 0.1) is 6.54 Å². The normalized spacial score (nSPS) is 18.9. The number of nitrogens with zero attached hydrogens (tertiary/aromatic N) is 2. The van der Waals surface area contributed by atoms with Crippen LogP contribution < -0.4 is 10.3 Å². The third-order valence-electron chi connectivity index (χ3n) is 7.40. The van der Waals surface area contributed by atoms with Crippen LogP contribution in [0.25, 0.3) is 0 Å².